The molecule has 164 valence electrons. The molecule has 0 fully saturated rings. The molecule has 0 aliphatic rings. The van der Waals surface area contributed by atoms with E-state index >= 15 is 0 Å². The summed E-state index contributed by atoms with van der Waals surface area (Å²) in [7, 11) is 1.47. The highest BCUT2D eigenvalue weighted by atomic mass is 16.6. The average molecular weight is 432 g/mol. The van der Waals surface area contributed by atoms with Crippen LogP contribution in [0.1, 0.15) is 28.4 Å². The molecule has 3 aromatic rings. The zero-order valence-corrected chi connectivity index (χ0v) is 17.9. The fraction of sp³-hybridized carbons (Fsp3) is 0.154. The van der Waals surface area contributed by atoms with Crippen LogP contribution in [-0.2, 0) is 20.9 Å². The Morgan fingerprint density at radius 3 is 2.22 bits per heavy atom. The molecule has 0 spiro atoms. The minimum atomic E-state index is -0.611. The zero-order chi connectivity index (χ0) is 22.8. The van der Waals surface area contributed by atoms with Crippen molar-refractivity contribution in [2.45, 2.75) is 13.5 Å². The largest absolute Gasteiger partial charge is 0.496 e. The van der Waals surface area contributed by atoms with E-state index in [0.717, 1.165) is 5.56 Å². The Bertz CT molecular complexity index is 1070. The number of para-hydroxylation sites is 1. The lowest BCUT2D eigenvalue weighted by molar-refractivity contribution is -0.140. The number of ether oxygens (including phenoxy) is 4. The third-order valence-corrected chi connectivity index (χ3v) is 4.40. The van der Waals surface area contributed by atoms with Gasteiger partial charge in [-0.25, -0.2) is 9.59 Å². The second-order valence-electron chi connectivity index (χ2n) is 6.67. The minimum Gasteiger partial charge on any atom is -0.496 e. The van der Waals surface area contributed by atoms with E-state index in [1.54, 1.807) is 49.4 Å². The monoisotopic (exact) mass is 432 g/mol. The van der Waals surface area contributed by atoms with Gasteiger partial charge in [0.15, 0.2) is 0 Å². The lowest BCUT2D eigenvalue weighted by Crippen LogP contribution is -2.13. The average Bonchev–Trinajstić information content (AvgIpc) is 2.83. The molecular formula is C26H24O6. The normalized spacial score (nSPS) is 10.9. The maximum atomic E-state index is 12.7. The number of hydrogen-bond acceptors (Lipinski definition) is 6. The lowest BCUT2D eigenvalue weighted by Gasteiger charge is -2.12. The van der Waals surface area contributed by atoms with E-state index in [9.17, 15) is 9.59 Å². The van der Waals surface area contributed by atoms with Gasteiger partial charge in [0.05, 0.1) is 13.7 Å². The first kappa shape index (κ1) is 22.6. The SMILES string of the molecule is CCOC(=O)/C(=C/c1ccc(OC)c(C(=O)OCc2ccccc2)c1)Oc1ccccc1. The van der Waals surface area contributed by atoms with E-state index in [-0.39, 0.29) is 24.5 Å². The molecule has 0 bridgehead atoms. The first-order valence-corrected chi connectivity index (χ1v) is 10.1. The van der Waals surface area contributed by atoms with Crippen LogP contribution in [0.3, 0.4) is 0 Å². The van der Waals surface area contributed by atoms with Gasteiger partial charge in [0.2, 0.25) is 5.76 Å². The Morgan fingerprint density at radius 1 is 0.875 bits per heavy atom. The Morgan fingerprint density at radius 2 is 1.56 bits per heavy atom. The molecule has 3 rings (SSSR count). The van der Waals surface area contributed by atoms with Crippen molar-refractivity contribution in [3.8, 4) is 11.5 Å². The van der Waals surface area contributed by atoms with Crippen LogP contribution in [0.25, 0.3) is 6.08 Å². The van der Waals surface area contributed by atoms with Gasteiger partial charge in [0.25, 0.3) is 0 Å². The third kappa shape index (κ3) is 6.22. The molecule has 0 radical (unpaired) electrons. The summed E-state index contributed by atoms with van der Waals surface area (Å²) in [4.78, 5) is 25.1. The van der Waals surface area contributed by atoms with E-state index in [1.165, 1.54) is 13.2 Å². The summed E-state index contributed by atoms with van der Waals surface area (Å²) in [5.74, 6) is -0.306. The number of carbonyl (C=O) groups is 2. The maximum Gasteiger partial charge on any atom is 0.374 e. The minimum absolute atomic E-state index is 0.00757. The zero-order valence-electron chi connectivity index (χ0n) is 17.9. The van der Waals surface area contributed by atoms with Gasteiger partial charge in [-0.3, -0.25) is 0 Å². The molecule has 32 heavy (non-hydrogen) atoms. The molecule has 6 nitrogen and oxygen atoms in total. The van der Waals surface area contributed by atoms with Gasteiger partial charge >= 0.3 is 11.9 Å². The van der Waals surface area contributed by atoms with E-state index in [0.29, 0.717) is 17.1 Å². The van der Waals surface area contributed by atoms with Crippen molar-refractivity contribution in [2.75, 3.05) is 13.7 Å². The molecular weight excluding hydrogens is 408 g/mol. The van der Waals surface area contributed by atoms with Crippen molar-refractivity contribution in [1.29, 1.82) is 0 Å². The molecule has 0 saturated heterocycles. The molecule has 6 heteroatoms. The number of esters is 2. The van der Waals surface area contributed by atoms with Gasteiger partial charge in [-0.15, -0.1) is 0 Å². The molecule has 0 amide bonds. The number of benzene rings is 3. The summed E-state index contributed by atoms with van der Waals surface area (Å²) in [6.45, 7) is 2.05. The standard InChI is InChI=1S/C26H24O6/c1-3-30-26(28)24(32-21-12-8-5-9-13-21)17-20-14-15-23(29-2)22(16-20)25(27)31-18-19-10-6-4-7-11-19/h4-17H,3,18H2,1-2H3/b24-17-. The van der Waals surface area contributed by atoms with Crippen molar-refractivity contribution >= 4 is 18.0 Å². The quantitative estimate of drug-likeness (QED) is 0.268. The molecule has 0 atom stereocenters. The smallest absolute Gasteiger partial charge is 0.374 e. The molecule has 0 unspecified atom stereocenters. The van der Waals surface area contributed by atoms with Crippen LogP contribution in [0.4, 0.5) is 0 Å². The van der Waals surface area contributed by atoms with Crippen LogP contribution < -0.4 is 9.47 Å². The first-order valence-electron chi connectivity index (χ1n) is 10.1. The van der Waals surface area contributed by atoms with E-state index < -0.39 is 11.9 Å². The number of carbonyl (C=O) groups excluding carboxylic acids is 2. The predicted octanol–water partition coefficient (Wildman–Crippen LogP) is 5.04. The maximum absolute atomic E-state index is 12.7. The third-order valence-electron chi connectivity index (χ3n) is 4.40. The molecule has 0 aromatic heterocycles. The van der Waals surface area contributed by atoms with E-state index in [2.05, 4.69) is 0 Å². The molecule has 0 heterocycles. The summed E-state index contributed by atoms with van der Waals surface area (Å²) in [5, 5.41) is 0. The second-order valence-corrected chi connectivity index (χ2v) is 6.67. The lowest BCUT2D eigenvalue weighted by atomic mass is 10.1. The molecule has 3 aromatic carbocycles. The Kier molecular flexibility index (Phi) is 8.03. The Labute approximate surface area is 187 Å². The van der Waals surface area contributed by atoms with Crippen LogP contribution in [-0.4, -0.2) is 25.7 Å². The van der Waals surface area contributed by atoms with Gasteiger partial charge in [-0.05, 0) is 48.4 Å². The first-order chi connectivity index (χ1) is 15.6. The molecule has 0 N–H and O–H groups in total. The second kappa shape index (κ2) is 11.4. The van der Waals surface area contributed by atoms with Crippen LogP contribution in [0, 0.1) is 0 Å². The van der Waals surface area contributed by atoms with Crippen LogP contribution in [0.2, 0.25) is 0 Å². The van der Waals surface area contributed by atoms with Gasteiger partial charge in [-0.1, -0.05) is 54.6 Å². The summed E-state index contributed by atoms with van der Waals surface area (Å²) in [6, 6.07) is 23.2. The predicted molar refractivity (Wildman–Crippen MR) is 120 cm³/mol. The number of rotatable bonds is 9. The Balaban J connectivity index is 1.87. The van der Waals surface area contributed by atoms with Gasteiger partial charge in [-0.2, -0.15) is 0 Å². The molecule has 0 saturated carbocycles. The number of methoxy groups -OCH3 is 1. The van der Waals surface area contributed by atoms with Gasteiger partial charge in [0.1, 0.15) is 23.7 Å². The summed E-state index contributed by atoms with van der Waals surface area (Å²) in [6.07, 6.45) is 1.51. The highest BCUT2D eigenvalue weighted by Crippen LogP contribution is 2.24. The topological polar surface area (TPSA) is 71.1 Å². The number of hydrogen-bond donors (Lipinski definition) is 0. The van der Waals surface area contributed by atoms with E-state index in [1.807, 2.05) is 36.4 Å². The highest BCUT2D eigenvalue weighted by Gasteiger charge is 2.17. The van der Waals surface area contributed by atoms with Crippen LogP contribution in [0.5, 0.6) is 11.5 Å². The van der Waals surface area contributed by atoms with Crippen LogP contribution in [0.15, 0.2) is 84.6 Å². The summed E-state index contributed by atoms with van der Waals surface area (Å²) >= 11 is 0. The summed E-state index contributed by atoms with van der Waals surface area (Å²) < 4.78 is 21.6. The molecule has 0 aliphatic carbocycles. The fourth-order valence-corrected chi connectivity index (χ4v) is 2.87. The van der Waals surface area contributed by atoms with E-state index in [4.69, 9.17) is 18.9 Å². The van der Waals surface area contributed by atoms with Crippen molar-refractivity contribution < 1.29 is 28.5 Å². The van der Waals surface area contributed by atoms with Gasteiger partial charge in [0, 0.05) is 0 Å². The fourth-order valence-electron chi connectivity index (χ4n) is 2.87. The molecule has 0 aliphatic heterocycles. The summed E-state index contributed by atoms with van der Waals surface area (Å²) in [5.41, 5.74) is 1.66. The van der Waals surface area contributed by atoms with Crippen LogP contribution >= 0.6 is 0 Å². The van der Waals surface area contributed by atoms with Gasteiger partial charge < -0.3 is 18.9 Å². The van der Waals surface area contributed by atoms with Crippen molar-refractivity contribution in [2.24, 2.45) is 0 Å². The highest BCUT2D eigenvalue weighted by molar-refractivity contribution is 5.95. The van der Waals surface area contributed by atoms with Crippen molar-refractivity contribution in [1.82, 2.24) is 0 Å². The van der Waals surface area contributed by atoms with Crippen molar-refractivity contribution in [3.05, 3.63) is 101 Å². The van der Waals surface area contributed by atoms with Crippen molar-refractivity contribution in [3.63, 3.8) is 0 Å². The Hall–Kier alpha value is -4.06.